The van der Waals surface area contributed by atoms with Crippen LogP contribution >= 0.6 is 11.6 Å². The van der Waals surface area contributed by atoms with Gasteiger partial charge in [0, 0.05) is 10.7 Å². The molecule has 126 valence electrons. The number of carbonyl (C=O) groups is 1. The summed E-state index contributed by atoms with van der Waals surface area (Å²) in [6.45, 7) is 0. The molecule has 1 N–H and O–H groups in total. The second-order valence-corrected chi connectivity index (χ2v) is 8.68. The molecule has 1 saturated carbocycles. The molecule has 0 unspecified atom stereocenters. The topological polar surface area (TPSA) is 63.2 Å². The van der Waals surface area contributed by atoms with E-state index in [-0.39, 0.29) is 4.90 Å². The van der Waals surface area contributed by atoms with Crippen molar-refractivity contribution in [2.75, 3.05) is 5.32 Å². The third-order valence-electron chi connectivity index (χ3n) is 4.48. The molecule has 1 aliphatic rings. The van der Waals surface area contributed by atoms with E-state index in [0.717, 1.165) is 12.8 Å². The summed E-state index contributed by atoms with van der Waals surface area (Å²) in [6.07, 6.45) is 2.09. The summed E-state index contributed by atoms with van der Waals surface area (Å²) in [4.78, 5) is 13.1. The lowest BCUT2D eigenvalue weighted by Gasteiger charge is -2.27. The molecule has 1 amide bonds. The van der Waals surface area contributed by atoms with Crippen LogP contribution in [0.3, 0.4) is 0 Å². The van der Waals surface area contributed by atoms with E-state index in [9.17, 15) is 13.2 Å². The van der Waals surface area contributed by atoms with Crippen LogP contribution in [0, 0.1) is 0 Å². The normalized spacial score (nSPS) is 16.7. The Morgan fingerprint density at radius 3 is 2.29 bits per heavy atom. The van der Waals surface area contributed by atoms with Gasteiger partial charge in [-0.1, -0.05) is 48.7 Å². The van der Waals surface area contributed by atoms with Gasteiger partial charge in [0.2, 0.25) is 5.91 Å². The lowest BCUT2D eigenvalue weighted by Crippen LogP contribution is -2.47. The number of rotatable bonds is 4. The third kappa shape index (κ3) is 2.94. The summed E-state index contributed by atoms with van der Waals surface area (Å²) >= 11 is 5.94. The van der Waals surface area contributed by atoms with Gasteiger partial charge in [0.25, 0.3) is 0 Å². The number of amides is 1. The van der Waals surface area contributed by atoms with Crippen molar-refractivity contribution in [3.63, 3.8) is 0 Å². The van der Waals surface area contributed by atoms with Gasteiger partial charge >= 0.3 is 0 Å². The molecule has 0 aliphatic heterocycles. The maximum atomic E-state index is 13.2. The highest BCUT2D eigenvalue weighted by Crippen LogP contribution is 2.41. The van der Waals surface area contributed by atoms with Gasteiger partial charge in [-0.3, -0.25) is 4.79 Å². The fourth-order valence-electron chi connectivity index (χ4n) is 3.20. The van der Waals surface area contributed by atoms with Crippen molar-refractivity contribution in [1.29, 1.82) is 0 Å². The van der Waals surface area contributed by atoms with Crippen LogP contribution in [0.4, 0.5) is 5.69 Å². The molecule has 4 nitrogen and oxygen atoms in total. The van der Waals surface area contributed by atoms with E-state index in [2.05, 4.69) is 5.32 Å². The van der Waals surface area contributed by atoms with Crippen molar-refractivity contribution in [2.24, 2.45) is 0 Å². The molecule has 1 fully saturated rings. The van der Waals surface area contributed by atoms with Gasteiger partial charge in [0.05, 0.1) is 4.90 Å². The first kappa shape index (κ1) is 17.0. The lowest BCUT2D eigenvalue weighted by atomic mass is 10.1. The van der Waals surface area contributed by atoms with E-state index in [1.807, 2.05) is 0 Å². The molecule has 0 radical (unpaired) electrons. The van der Waals surface area contributed by atoms with Crippen LogP contribution in [0.25, 0.3) is 0 Å². The summed E-state index contributed by atoms with van der Waals surface area (Å²) in [7, 11) is -3.77. The Kier molecular flexibility index (Phi) is 4.65. The van der Waals surface area contributed by atoms with E-state index >= 15 is 0 Å². The Balaban J connectivity index is 1.98. The van der Waals surface area contributed by atoms with E-state index in [4.69, 9.17) is 11.6 Å². The third-order valence-corrected chi connectivity index (χ3v) is 7.23. The van der Waals surface area contributed by atoms with Crippen LogP contribution in [-0.4, -0.2) is 19.1 Å². The van der Waals surface area contributed by atoms with Crippen LogP contribution in [0.5, 0.6) is 0 Å². The molecule has 0 aromatic heterocycles. The summed E-state index contributed by atoms with van der Waals surface area (Å²) < 4.78 is 24.9. The maximum absolute atomic E-state index is 13.2. The molecule has 0 spiro atoms. The highest BCUT2D eigenvalue weighted by Gasteiger charge is 2.52. The van der Waals surface area contributed by atoms with Crippen LogP contribution in [0.1, 0.15) is 25.7 Å². The fourth-order valence-corrected chi connectivity index (χ4v) is 5.48. The Labute approximate surface area is 146 Å². The number of hydrogen-bond acceptors (Lipinski definition) is 3. The molecule has 1 aliphatic carbocycles. The van der Waals surface area contributed by atoms with E-state index in [1.165, 1.54) is 0 Å². The first-order chi connectivity index (χ1) is 11.5. The zero-order chi connectivity index (χ0) is 17.2. The predicted molar refractivity (Wildman–Crippen MR) is 94.9 cm³/mol. The average molecular weight is 364 g/mol. The van der Waals surface area contributed by atoms with E-state index in [1.54, 1.807) is 54.6 Å². The number of nitrogens with one attached hydrogen (secondary N) is 1. The van der Waals surface area contributed by atoms with Gasteiger partial charge in [-0.25, -0.2) is 8.42 Å². The predicted octanol–water partition coefficient (Wildman–Crippen LogP) is 4.07. The molecule has 6 heteroatoms. The van der Waals surface area contributed by atoms with Gasteiger partial charge < -0.3 is 5.32 Å². The van der Waals surface area contributed by atoms with Crippen LogP contribution in [0.2, 0.25) is 5.02 Å². The second-order valence-electron chi connectivity index (χ2n) is 5.98. The lowest BCUT2D eigenvalue weighted by molar-refractivity contribution is -0.118. The summed E-state index contributed by atoms with van der Waals surface area (Å²) in [5, 5.41) is 3.22. The minimum Gasteiger partial charge on any atom is -0.325 e. The quantitative estimate of drug-likeness (QED) is 0.890. The fraction of sp³-hybridized carbons (Fsp3) is 0.278. The Morgan fingerprint density at radius 2 is 1.67 bits per heavy atom. The number of anilines is 1. The van der Waals surface area contributed by atoms with Gasteiger partial charge in [-0.15, -0.1) is 0 Å². The molecule has 0 saturated heterocycles. The van der Waals surface area contributed by atoms with Gasteiger partial charge in [-0.2, -0.15) is 0 Å². The minimum atomic E-state index is -3.77. The first-order valence-electron chi connectivity index (χ1n) is 7.82. The molecule has 2 aromatic rings. The van der Waals surface area contributed by atoms with Gasteiger partial charge in [0.15, 0.2) is 14.6 Å². The van der Waals surface area contributed by atoms with Crippen molar-refractivity contribution < 1.29 is 13.2 Å². The SMILES string of the molecule is O=C(Nc1cccc(Cl)c1)C1(S(=O)(=O)c2ccccc2)CCCC1. The largest absolute Gasteiger partial charge is 0.325 e. The van der Waals surface area contributed by atoms with Crippen molar-refractivity contribution in [1.82, 2.24) is 0 Å². The molecule has 0 atom stereocenters. The summed E-state index contributed by atoms with van der Waals surface area (Å²) in [6, 6.07) is 14.9. The highest BCUT2D eigenvalue weighted by atomic mass is 35.5. The van der Waals surface area contributed by atoms with Crippen LogP contribution in [-0.2, 0) is 14.6 Å². The zero-order valence-electron chi connectivity index (χ0n) is 13.0. The average Bonchev–Trinajstić information content (AvgIpc) is 3.07. The smallest absolute Gasteiger partial charge is 0.246 e. The van der Waals surface area contributed by atoms with E-state index < -0.39 is 20.5 Å². The second kappa shape index (κ2) is 6.57. The van der Waals surface area contributed by atoms with Crippen LogP contribution in [0.15, 0.2) is 59.5 Å². The number of benzene rings is 2. The minimum absolute atomic E-state index is 0.188. The Bertz CT molecular complexity index is 844. The van der Waals surface area contributed by atoms with E-state index in [0.29, 0.717) is 23.6 Å². The molecular formula is C18H18ClNO3S. The first-order valence-corrected chi connectivity index (χ1v) is 9.68. The summed E-state index contributed by atoms with van der Waals surface area (Å²) in [5.41, 5.74) is 0.502. The van der Waals surface area contributed by atoms with Crippen molar-refractivity contribution in [3.8, 4) is 0 Å². The van der Waals surface area contributed by atoms with Crippen molar-refractivity contribution in [3.05, 3.63) is 59.6 Å². The highest BCUT2D eigenvalue weighted by molar-refractivity contribution is 7.93. The standard InChI is InChI=1S/C18H18ClNO3S/c19-14-7-6-8-15(13-14)20-17(21)18(11-4-5-12-18)24(22,23)16-9-2-1-3-10-16/h1-3,6-10,13H,4-5,11-12H2,(H,20,21). The number of sulfone groups is 1. The number of halogens is 1. The van der Waals surface area contributed by atoms with Gasteiger partial charge in [-0.05, 0) is 43.2 Å². The molecule has 2 aromatic carbocycles. The molecule has 24 heavy (non-hydrogen) atoms. The Hall–Kier alpha value is -1.85. The van der Waals surface area contributed by atoms with Crippen LogP contribution < -0.4 is 5.32 Å². The molecule has 3 rings (SSSR count). The summed E-state index contributed by atoms with van der Waals surface area (Å²) in [5.74, 6) is -0.480. The Morgan fingerprint density at radius 1 is 1.00 bits per heavy atom. The molecule has 0 bridgehead atoms. The molecular weight excluding hydrogens is 346 g/mol. The number of carbonyl (C=O) groups excluding carboxylic acids is 1. The van der Waals surface area contributed by atoms with Gasteiger partial charge in [0.1, 0.15) is 0 Å². The molecule has 0 heterocycles. The monoisotopic (exact) mass is 363 g/mol. The van der Waals surface area contributed by atoms with Crippen molar-refractivity contribution in [2.45, 2.75) is 35.3 Å². The maximum Gasteiger partial charge on any atom is 0.246 e. The number of hydrogen-bond donors (Lipinski definition) is 1. The zero-order valence-corrected chi connectivity index (χ0v) is 14.6. The van der Waals surface area contributed by atoms with Crippen molar-refractivity contribution >= 4 is 33.0 Å².